The molecule has 0 amide bonds. The number of carbonyl (C=O) groups excluding carboxylic acids is 2. The topological polar surface area (TPSA) is 134 Å². The van der Waals surface area contributed by atoms with Gasteiger partial charge in [0.1, 0.15) is 0 Å². The van der Waals surface area contributed by atoms with Gasteiger partial charge in [-0.25, -0.2) is 4.79 Å². The van der Waals surface area contributed by atoms with E-state index >= 15 is 0 Å². The largest absolute Gasteiger partial charge is 0.519 e. The minimum absolute atomic E-state index is 0.00326. The fourth-order valence-electron chi connectivity index (χ4n) is 6.11. The van der Waals surface area contributed by atoms with Crippen molar-refractivity contribution in [3.63, 3.8) is 0 Å². The zero-order chi connectivity index (χ0) is 34.0. The molecule has 2 atom stereocenters. The molecule has 0 bridgehead atoms. The Bertz CT molecular complexity index is 1550. The molecular weight excluding hydrogens is 629 g/mol. The Kier molecular flexibility index (Phi) is 11.0. The van der Waals surface area contributed by atoms with Gasteiger partial charge in [0.05, 0.1) is 26.7 Å². The number of benzene rings is 1. The lowest BCUT2D eigenvalue weighted by Crippen LogP contribution is -2.62. The molecule has 0 aliphatic carbocycles. The summed E-state index contributed by atoms with van der Waals surface area (Å²) in [5.74, 6) is -0.599. The maximum atomic E-state index is 13.9. The van der Waals surface area contributed by atoms with Gasteiger partial charge in [0.2, 0.25) is 6.23 Å². The average molecular weight is 675 g/mol. The fourth-order valence-corrected chi connectivity index (χ4v) is 17.0. The molecule has 14 heteroatoms. The highest BCUT2D eigenvalue weighted by molar-refractivity contribution is 6.84. The third kappa shape index (κ3) is 6.58. The second kappa shape index (κ2) is 14.2. The highest BCUT2D eigenvalue weighted by Crippen LogP contribution is 2.49. The smallest absolute Gasteiger partial charge is 0.395 e. The molecule has 0 saturated carbocycles. The summed E-state index contributed by atoms with van der Waals surface area (Å²) in [7, 11) is -4.81. The van der Waals surface area contributed by atoms with E-state index in [-0.39, 0.29) is 47.4 Å². The molecule has 0 fully saturated rings. The Morgan fingerprint density at radius 2 is 1.52 bits per heavy atom. The van der Waals surface area contributed by atoms with E-state index < -0.39 is 52.6 Å². The summed E-state index contributed by atoms with van der Waals surface area (Å²) < 4.78 is 40.4. The van der Waals surface area contributed by atoms with Crippen LogP contribution in [0.3, 0.4) is 0 Å². The van der Waals surface area contributed by atoms with Crippen molar-refractivity contribution < 1.29 is 36.8 Å². The summed E-state index contributed by atoms with van der Waals surface area (Å²) in [5.41, 5.74) is -1.39. The van der Waals surface area contributed by atoms with Crippen LogP contribution in [0.1, 0.15) is 78.4 Å². The van der Waals surface area contributed by atoms with Gasteiger partial charge in [-0.3, -0.25) is 19.0 Å². The third-order valence-corrected chi connectivity index (χ3v) is 18.8. The summed E-state index contributed by atoms with van der Waals surface area (Å²) in [5, 5.41) is 0. The van der Waals surface area contributed by atoms with Crippen LogP contribution in [-0.4, -0.2) is 64.6 Å². The molecule has 3 heterocycles. The van der Waals surface area contributed by atoms with Gasteiger partial charge in [-0.05, 0) is 23.2 Å². The van der Waals surface area contributed by atoms with Gasteiger partial charge in [0.15, 0.2) is 17.6 Å². The number of hydrogen-bond acceptors (Lipinski definition) is 10. The van der Waals surface area contributed by atoms with Crippen LogP contribution in [0.25, 0.3) is 0 Å². The summed E-state index contributed by atoms with van der Waals surface area (Å²) in [4.78, 5) is 52.2. The molecule has 0 spiro atoms. The third-order valence-electron chi connectivity index (χ3n) is 8.63. The van der Waals surface area contributed by atoms with Crippen LogP contribution in [0.15, 0.2) is 63.7 Å². The van der Waals surface area contributed by atoms with Crippen LogP contribution in [0, 0.1) is 0 Å². The van der Waals surface area contributed by atoms with E-state index in [4.69, 9.17) is 27.2 Å². The molecule has 0 N–H and O–H groups in total. The maximum Gasteiger partial charge on any atom is 0.395 e. The lowest BCUT2D eigenvalue weighted by Gasteiger charge is -2.49. The molecule has 1 aromatic heterocycles. The van der Waals surface area contributed by atoms with Crippen molar-refractivity contribution in [2.24, 2.45) is 0 Å². The molecule has 4 rings (SSSR count). The Morgan fingerprint density at radius 3 is 2.09 bits per heavy atom. The molecule has 1 aromatic carbocycles. The van der Waals surface area contributed by atoms with E-state index in [0.717, 1.165) is 10.6 Å². The van der Waals surface area contributed by atoms with Crippen molar-refractivity contribution in [1.82, 2.24) is 9.13 Å². The maximum absolute atomic E-state index is 13.9. The van der Waals surface area contributed by atoms with Crippen molar-refractivity contribution >= 4 is 29.0 Å². The van der Waals surface area contributed by atoms with Gasteiger partial charge in [-0.1, -0.05) is 73.6 Å². The van der Waals surface area contributed by atoms with E-state index in [2.05, 4.69) is 55.4 Å². The number of ether oxygens (including phenoxy) is 3. The first-order valence-corrected chi connectivity index (χ1v) is 19.7. The fraction of sp³-hybridized carbons (Fsp3) is 0.562. The van der Waals surface area contributed by atoms with Crippen molar-refractivity contribution in [3.8, 4) is 0 Å². The van der Waals surface area contributed by atoms with Crippen molar-refractivity contribution in [3.05, 3.63) is 80.5 Å². The van der Waals surface area contributed by atoms with Crippen LogP contribution < -0.4 is 11.2 Å². The predicted molar refractivity (Wildman–Crippen MR) is 175 cm³/mol. The predicted octanol–water partition coefficient (Wildman–Crippen LogP) is 4.98. The number of aromatic nitrogens is 2. The molecule has 252 valence electrons. The number of esters is 1. The number of hydrogen-bond donors (Lipinski definition) is 0. The Balaban J connectivity index is 1.87. The zero-order valence-corrected chi connectivity index (χ0v) is 30.1. The molecule has 0 radical (unpaired) electrons. The standard InChI is InChI=1S/C32H46N2O10Si2/c1-20(2)45(21(3)4)41-19-25-28(43-46(44-45,22(5)6)23(7)8)29(40-18-16-27(36)39-9)31(42-25)33-17-15-26(35)34(32(33)38)30(37)24-13-11-10-12-14-24/h10-15,17,20-23,29,31H,16,18-19H2,1-9H3/t29?,31-/m1/s1. The molecular formula is C32H46N2O10Si2. The van der Waals surface area contributed by atoms with Crippen LogP contribution in [0.2, 0.25) is 22.2 Å². The number of nitrogens with zero attached hydrogens (tertiary/aromatic N) is 2. The van der Waals surface area contributed by atoms with Crippen LogP contribution in [0.5, 0.6) is 0 Å². The molecule has 0 saturated heterocycles. The molecule has 2 aromatic rings. The average Bonchev–Trinajstić information content (AvgIpc) is 3.32. The van der Waals surface area contributed by atoms with Crippen LogP contribution >= 0.6 is 0 Å². The second-order valence-electron chi connectivity index (χ2n) is 12.8. The minimum Gasteiger partial charge on any atom is -0.519 e. The lowest BCUT2D eigenvalue weighted by atomic mass is 10.2. The monoisotopic (exact) mass is 674 g/mol. The second-order valence-corrected chi connectivity index (χ2v) is 21.6. The summed E-state index contributed by atoms with van der Waals surface area (Å²) in [6, 6.07) is 9.19. The van der Waals surface area contributed by atoms with Crippen molar-refractivity contribution in [2.45, 2.75) is 96.3 Å². The first kappa shape index (κ1) is 35.5. The summed E-state index contributed by atoms with van der Waals surface area (Å²) in [6.45, 7) is 16.6. The number of carbonyl (C=O) groups is 2. The van der Waals surface area contributed by atoms with Gasteiger partial charge >= 0.3 is 28.8 Å². The quantitative estimate of drug-likeness (QED) is 0.251. The lowest BCUT2D eigenvalue weighted by molar-refractivity contribution is -0.143. The van der Waals surface area contributed by atoms with E-state index in [1.165, 1.54) is 25.4 Å². The van der Waals surface area contributed by atoms with Gasteiger partial charge < -0.3 is 27.2 Å². The summed E-state index contributed by atoms with van der Waals surface area (Å²) in [6.07, 6.45) is -1.02. The van der Waals surface area contributed by atoms with E-state index in [9.17, 15) is 19.2 Å². The van der Waals surface area contributed by atoms with Gasteiger partial charge in [-0.15, -0.1) is 0 Å². The molecule has 1 unspecified atom stereocenters. The number of methoxy groups -OCH3 is 1. The van der Waals surface area contributed by atoms with Gasteiger partial charge in [0, 0.05) is 28.9 Å². The number of rotatable bonds is 10. The highest BCUT2D eigenvalue weighted by atomic mass is 28.5. The molecule has 46 heavy (non-hydrogen) atoms. The minimum atomic E-state index is -3.17. The van der Waals surface area contributed by atoms with Crippen molar-refractivity contribution in [2.75, 3.05) is 20.3 Å². The summed E-state index contributed by atoms with van der Waals surface area (Å²) >= 11 is 0. The first-order valence-electron chi connectivity index (χ1n) is 15.7. The van der Waals surface area contributed by atoms with E-state index in [1.54, 1.807) is 18.2 Å². The van der Waals surface area contributed by atoms with Crippen molar-refractivity contribution in [1.29, 1.82) is 0 Å². The first-order chi connectivity index (χ1) is 21.7. The SMILES string of the molecule is COC(=O)CCOC1C2=C(CO[Si](C(C)C)(C(C)C)O[Si](C(C)C)(C(C)C)O2)O[C@H]1n1ccc(=O)n(C(=O)c2ccccc2)c1=O. The van der Waals surface area contributed by atoms with Crippen LogP contribution in [-0.2, 0) is 32.0 Å². The Morgan fingerprint density at radius 1 is 0.913 bits per heavy atom. The highest BCUT2D eigenvalue weighted by Gasteiger charge is 2.60. The van der Waals surface area contributed by atoms with Gasteiger partial charge in [0.25, 0.3) is 11.5 Å². The molecule has 2 aliphatic heterocycles. The normalized spacial score (nSPS) is 20.7. The molecule has 2 aliphatic rings. The molecule has 12 nitrogen and oxygen atoms in total. The zero-order valence-electron chi connectivity index (χ0n) is 28.1. The van der Waals surface area contributed by atoms with Gasteiger partial charge in [-0.2, -0.15) is 4.57 Å². The van der Waals surface area contributed by atoms with E-state index in [0.29, 0.717) is 16.1 Å². The van der Waals surface area contributed by atoms with E-state index in [1.807, 2.05) is 0 Å². The Labute approximate surface area is 271 Å². The van der Waals surface area contributed by atoms with Crippen LogP contribution in [0.4, 0.5) is 0 Å². The Hall–Kier alpha value is -3.31.